The molecule has 2 rings (SSSR count). The second-order valence-electron chi connectivity index (χ2n) is 4.53. The summed E-state index contributed by atoms with van der Waals surface area (Å²) in [6, 6.07) is 8.80. The second-order valence-corrected chi connectivity index (χ2v) is 5.41. The van der Waals surface area contributed by atoms with Gasteiger partial charge >= 0.3 is 0 Å². The summed E-state index contributed by atoms with van der Waals surface area (Å²) in [5, 5.41) is 3.55. The molecule has 0 amide bonds. The van der Waals surface area contributed by atoms with Crippen LogP contribution in [0.25, 0.3) is 0 Å². The predicted octanol–water partition coefficient (Wildman–Crippen LogP) is 2.92. The zero-order valence-electron chi connectivity index (χ0n) is 10.4. The van der Waals surface area contributed by atoms with E-state index >= 15 is 0 Å². The third-order valence-electron chi connectivity index (χ3n) is 3.26. The first-order chi connectivity index (χ1) is 8.38. The van der Waals surface area contributed by atoms with E-state index in [0.29, 0.717) is 0 Å². The first-order valence-corrected chi connectivity index (χ1v) is 7.52. The minimum Gasteiger partial charge on any atom is -0.381 e. The topological polar surface area (TPSA) is 21.3 Å². The highest BCUT2D eigenvalue weighted by Crippen LogP contribution is 2.15. The van der Waals surface area contributed by atoms with Crippen molar-refractivity contribution in [3.63, 3.8) is 0 Å². The van der Waals surface area contributed by atoms with E-state index in [9.17, 15) is 0 Å². The molecule has 0 spiro atoms. The maximum atomic E-state index is 5.36. The molecule has 17 heavy (non-hydrogen) atoms. The molecule has 0 radical (unpaired) electrons. The van der Waals surface area contributed by atoms with Crippen molar-refractivity contribution in [2.75, 3.05) is 26.0 Å². The van der Waals surface area contributed by atoms with E-state index in [4.69, 9.17) is 4.74 Å². The van der Waals surface area contributed by atoms with Crippen molar-refractivity contribution in [2.24, 2.45) is 5.92 Å². The van der Waals surface area contributed by atoms with Crippen LogP contribution < -0.4 is 5.32 Å². The number of rotatable bonds is 5. The third kappa shape index (κ3) is 4.34. The van der Waals surface area contributed by atoms with Gasteiger partial charge in [-0.05, 0) is 49.3 Å². The third-order valence-corrected chi connectivity index (χ3v) is 4.01. The summed E-state index contributed by atoms with van der Waals surface area (Å²) >= 11 is 1.79. The van der Waals surface area contributed by atoms with Gasteiger partial charge in [0.1, 0.15) is 0 Å². The second kappa shape index (κ2) is 7.04. The maximum absolute atomic E-state index is 5.36. The van der Waals surface area contributed by atoms with Gasteiger partial charge in [0.2, 0.25) is 0 Å². The van der Waals surface area contributed by atoms with Crippen LogP contribution in [0.1, 0.15) is 18.4 Å². The van der Waals surface area contributed by atoms with Crippen LogP contribution in [0.5, 0.6) is 0 Å². The van der Waals surface area contributed by atoms with Gasteiger partial charge in [-0.1, -0.05) is 12.1 Å². The van der Waals surface area contributed by atoms with Gasteiger partial charge in [0.05, 0.1) is 0 Å². The van der Waals surface area contributed by atoms with Crippen LogP contribution in [-0.2, 0) is 11.3 Å². The lowest BCUT2D eigenvalue weighted by molar-refractivity contribution is 0.0662. The SMILES string of the molecule is CSc1ccc(CNCC2CCOCC2)cc1. The summed E-state index contributed by atoms with van der Waals surface area (Å²) in [5.41, 5.74) is 1.37. The van der Waals surface area contributed by atoms with Crippen molar-refractivity contribution in [2.45, 2.75) is 24.3 Å². The molecule has 1 aromatic carbocycles. The van der Waals surface area contributed by atoms with Gasteiger partial charge in [0.25, 0.3) is 0 Å². The van der Waals surface area contributed by atoms with Gasteiger partial charge in [-0.15, -0.1) is 11.8 Å². The predicted molar refractivity (Wildman–Crippen MR) is 73.5 cm³/mol. The van der Waals surface area contributed by atoms with Crippen molar-refractivity contribution in [3.05, 3.63) is 29.8 Å². The quantitative estimate of drug-likeness (QED) is 0.813. The smallest absolute Gasteiger partial charge is 0.0469 e. The van der Waals surface area contributed by atoms with Crippen molar-refractivity contribution in [3.8, 4) is 0 Å². The van der Waals surface area contributed by atoms with E-state index in [-0.39, 0.29) is 0 Å². The van der Waals surface area contributed by atoms with Crippen LogP contribution in [0, 0.1) is 5.92 Å². The van der Waals surface area contributed by atoms with Crippen LogP contribution in [0.4, 0.5) is 0 Å². The minimum absolute atomic E-state index is 0.800. The van der Waals surface area contributed by atoms with E-state index in [1.165, 1.54) is 23.3 Å². The largest absolute Gasteiger partial charge is 0.381 e. The molecule has 3 heteroatoms. The molecule has 1 aliphatic rings. The molecule has 1 heterocycles. The molecule has 0 aliphatic carbocycles. The van der Waals surface area contributed by atoms with Crippen LogP contribution >= 0.6 is 11.8 Å². The monoisotopic (exact) mass is 251 g/mol. The van der Waals surface area contributed by atoms with Gasteiger partial charge in [-0.2, -0.15) is 0 Å². The molecule has 1 saturated heterocycles. The molecular formula is C14H21NOS. The molecule has 0 bridgehead atoms. The molecule has 1 fully saturated rings. The molecule has 1 aromatic rings. The Labute approximate surface area is 108 Å². The molecule has 0 atom stereocenters. The lowest BCUT2D eigenvalue weighted by Gasteiger charge is -2.22. The maximum Gasteiger partial charge on any atom is 0.0469 e. The lowest BCUT2D eigenvalue weighted by Crippen LogP contribution is -2.27. The molecule has 1 N–H and O–H groups in total. The molecular weight excluding hydrogens is 230 g/mol. The molecule has 0 unspecified atom stereocenters. The first kappa shape index (κ1) is 12.9. The summed E-state index contributed by atoms with van der Waals surface area (Å²) in [7, 11) is 0. The standard InChI is InChI=1S/C14H21NOS/c1-17-14-4-2-12(3-5-14)10-15-11-13-6-8-16-9-7-13/h2-5,13,15H,6-11H2,1H3. The summed E-state index contributed by atoms with van der Waals surface area (Å²) in [6.45, 7) is 3.98. The van der Waals surface area contributed by atoms with Crippen LogP contribution in [0.15, 0.2) is 29.2 Å². The number of hydrogen-bond donors (Lipinski definition) is 1. The zero-order valence-corrected chi connectivity index (χ0v) is 11.3. The molecule has 0 aromatic heterocycles. The molecule has 94 valence electrons. The Morgan fingerprint density at radius 2 is 1.94 bits per heavy atom. The average molecular weight is 251 g/mol. The molecule has 0 saturated carbocycles. The Morgan fingerprint density at radius 3 is 2.59 bits per heavy atom. The molecule has 2 nitrogen and oxygen atoms in total. The lowest BCUT2D eigenvalue weighted by atomic mass is 10.0. The van der Waals surface area contributed by atoms with Gasteiger partial charge < -0.3 is 10.1 Å². The zero-order chi connectivity index (χ0) is 11.9. The minimum atomic E-state index is 0.800. The van der Waals surface area contributed by atoms with Gasteiger partial charge in [-0.25, -0.2) is 0 Å². The number of nitrogens with one attached hydrogen (secondary N) is 1. The van der Waals surface area contributed by atoms with Crippen LogP contribution in [-0.4, -0.2) is 26.0 Å². The van der Waals surface area contributed by atoms with Crippen LogP contribution in [0.2, 0.25) is 0 Å². The summed E-state index contributed by atoms with van der Waals surface area (Å²) in [5.74, 6) is 0.800. The summed E-state index contributed by atoms with van der Waals surface area (Å²) in [6.07, 6.45) is 4.52. The van der Waals surface area contributed by atoms with Crippen LogP contribution in [0.3, 0.4) is 0 Å². The Morgan fingerprint density at radius 1 is 1.24 bits per heavy atom. The Hall–Kier alpha value is -0.510. The highest BCUT2D eigenvalue weighted by molar-refractivity contribution is 7.98. The number of ether oxygens (including phenoxy) is 1. The fourth-order valence-corrected chi connectivity index (χ4v) is 2.52. The Balaban J connectivity index is 1.69. The highest BCUT2D eigenvalue weighted by Gasteiger charge is 2.12. The number of benzene rings is 1. The molecule has 1 aliphatic heterocycles. The van der Waals surface area contributed by atoms with Crippen molar-refractivity contribution in [1.82, 2.24) is 5.32 Å². The van der Waals surface area contributed by atoms with Gasteiger partial charge in [0, 0.05) is 24.7 Å². The van der Waals surface area contributed by atoms with E-state index in [0.717, 1.165) is 32.2 Å². The Bertz CT molecular complexity index is 319. The number of hydrogen-bond acceptors (Lipinski definition) is 3. The summed E-state index contributed by atoms with van der Waals surface area (Å²) < 4.78 is 5.36. The van der Waals surface area contributed by atoms with E-state index < -0.39 is 0 Å². The fourth-order valence-electron chi connectivity index (χ4n) is 2.11. The highest BCUT2D eigenvalue weighted by atomic mass is 32.2. The van der Waals surface area contributed by atoms with Crippen molar-refractivity contribution >= 4 is 11.8 Å². The number of thioether (sulfide) groups is 1. The average Bonchev–Trinajstić information content (AvgIpc) is 2.41. The fraction of sp³-hybridized carbons (Fsp3) is 0.571. The normalized spacial score (nSPS) is 17.2. The van der Waals surface area contributed by atoms with Crippen molar-refractivity contribution < 1.29 is 4.74 Å². The van der Waals surface area contributed by atoms with Crippen molar-refractivity contribution in [1.29, 1.82) is 0 Å². The van der Waals surface area contributed by atoms with E-state index in [1.54, 1.807) is 11.8 Å². The van der Waals surface area contributed by atoms with E-state index in [1.807, 2.05) is 0 Å². The van der Waals surface area contributed by atoms with Gasteiger partial charge in [0.15, 0.2) is 0 Å². The summed E-state index contributed by atoms with van der Waals surface area (Å²) in [4.78, 5) is 1.33. The first-order valence-electron chi connectivity index (χ1n) is 6.30. The Kier molecular flexibility index (Phi) is 5.36. The van der Waals surface area contributed by atoms with Gasteiger partial charge in [-0.3, -0.25) is 0 Å². The van der Waals surface area contributed by atoms with E-state index in [2.05, 4.69) is 35.8 Å².